The van der Waals surface area contributed by atoms with E-state index in [2.05, 4.69) is 15.5 Å². The number of benzene rings is 1. The van der Waals surface area contributed by atoms with Gasteiger partial charge in [-0.2, -0.15) is 4.98 Å². The van der Waals surface area contributed by atoms with Crippen LogP contribution >= 0.6 is 0 Å². The van der Waals surface area contributed by atoms with Crippen molar-refractivity contribution in [1.82, 2.24) is 20.0 Å². The van der Waals surface area contributed by atoms with E-state index >= 15 is 0 Å². The van der Waals surface area contributed by atoms with E-state index in [1.165, 1.54) is 11.7 Å². The van der Waals surface area contributed by atoms with Crippen LogP contribution in [0.15, 0.2) is 45.8 Å². The van der Waals surface area contributed by atoms with Gasteiger partial charge in [0.2, 0.25) is 11.7 Å². The first-order valence-electron chi connectivity index (χ1n) is 9.52. The van der Waals surface area contributed by atoms with Gasteiger partial charge in [-0.05, 0) is 43.7 Å². The van der Waals surface area contributed by atoms with Crippen LogP contribution in [0.2, 0.25) is 0 Å². The zero-order valence-corrected chi connectivity index (χ0v) is 17.3. The van der Waals surface area contributed by atoms with Crippen LogP contribution < -0.4 is 20.3 Å². The molecule has 30 heavy (non-hydrogen) atoms. The largest absolute Gasteiger partial charge is 0.493 e. The molecular formula is C21H24N4O5. The maximum Gasteiger partial charge on any atom is 0.263 e. The molecule has 0 saturated heterocycles. The highest BCUT2D eigenvalue weighted by Gasteiger charge is 2.17. The fourth-order valence-electron chi connectivity index (χ4n) is 2.83. The van der Waals surface area contributed by atoms with E-state index in [0.717, 1.165) is 6.42 Å². The molecule has 0 spiro atoms. The van der Waals surface area contributed by atoms with Crippen molar-refractivity contribution in [1.29, 1.82) is 0 Å². The molecule has 0 saturated carbocycles. The third-order valence-corrected chi connectivity index (χ3v) is 4.65. The lowest BCUT2D eigenvalue weighted by atomic mass is 10.2. The van der Waals surface area contributed by atoms with Gasteiger partial charge in [-0.15, -0.1) is 0 Å². The molecule has 9 nitrogen and oxygen atoms in total. The van der Waals surface area contributed by atoms with Gasteiger partial charge in [0.05, 0.1) is 14.2 Å². The van der Waals surface area contributed by atoms with Crippen molar-refractivity contribution in [2.24, 2.45) is 0 Å². The molecule has 0 aliphatic heterocycles. The Bertz CT molecular complexity index is 1090. The van der Waals surface area contributed by atoms with E-state index in [4.69, 9.17) is 14.0 Å². The lowest BCUT2D eigenvalue weighted by Crippen LogP contribution is -2.37. The number of rotatable bonds is 8. The number of carbonyl (C=O) groups excluding carboxylic acids is 1. The number of pyridine rings is 1. The second-order valence-electron chi connectivity index (χ2n) is 6.72. The van der Waals surface area contributed by atoms with Crippen LogP contribution in [0.25, 0.3) is 22.8 Å². The third kappa shape index (κ3) is 4.51. The lowest BCUT2D eigenvalue weighted by Gasteiger charge is -2.12. The molecule has 1 aromatic carbocycles. The lowest BCUT2D eigenvalue weighted by molar-refractivity contribution is -0.122. The summed E-state index contributed by atoms with van der Waals surface area (Å²) < 4.78 is 17.1. The molecule has 9 heteroatoms. The highest BCUT2D eigenvalue weighted by molar-refractivity contribution is 5.76. The number of amides is 1. The molecule has 2 heterocycles. The van der Waals surface area contributed by atoms with Crippen LogP contribution in [-0.2, 0) is 11.3 Å². The minimum Gasteiger partial charge on any atom is -0.493 e. The van der Waals surface area contributed by atoms with Crippen molar-refractivity contribution >= 4 is 5.91 Å². The van der Waals surface area contributed by atoms with E-state index in [-0.39, 0.29) is 35.5 Å². The van der Waals surface area contributed by atoms with E-state index in [1.807, 2.05) is 13.8 Å². The van der Waals surface area contributed by atoms with Crippen molar-refractivity contribution in [3.05, 3.63) is 46.9 Å². The van der Waals surface area contributed by atoms with Gasteiger partial charge in [0.1, 0.15) is 12.1 Å². The standard InChI is InChI=1S/C21H24N4O5/c1-5-13(2)22-18(26)12-25-10-6-7-15(21(25)27)20-23-19(24-30-20)14-8-9-16(28-3)17(11-14)29-4/h6-11,13H,5,12H2,1-4H3,(H,22,26)/t13-/m1/s1. The third-order valence-electron chi connectivity index (χ3n) is 4.65. The number of nitrogens with zero attached hydrogens (tertiary/aromatic N) is 3. The van der Waals surface area contributed by atoms with Crippen LogP contribution in [0.1, 0.15) is 20.3 Å². The van der Waals surface area contributed by atoms with Crippen molar-refractivity contribution in [3.63, 3.8) is 0 Å². The summed E-state index contributed by atoms with van der Waals surface area (Å²) in [5.41, 5.74) is 0.471. The maximum absolute atomic E-state index is 12.8. The molecule has 1 atom stereocenters. The second kappa shape index (κ2) is 9.25. The topological polar surface area (TPSA) is 108 Å². The zero-order chi connectivity index (χ0) is 21.7. The van der Waals surface area contributed by atoms with E-state index < -0.39 is 0 Å². The summed E-state index contributed by atoms with van der Waals surface area (Å²) in [6.07, 6.45) is 2.36. The molecule has 0 bridgehead atoms. The normalized spacial score (nSPS) is 11.7. The Morgan fingerprint density at radius 1 is 1.23 bits per heavy atom. The Kier molecular flexibility index (Phi) is 6.51. The summed E-state index contributed by atoms with van der Waals surface area (Å²) in [6.45, 7) is 3.79. The van der Waals surface area contributed by atoms with Crippen molar-refractivity contribution in [2.75, 3.05) is 14.2 Å². The summed E-state index contributed by atoms with van der Waals surface area (Å²) >= 11 is 0. The number of ether oxygens (including phenoxy) is 2. The first-order valence-corrected chi connectivity index (χ1v) is 9.52. The van der Waals surface area contributed by atoms with Crippen molar-refractivity contribution in [3.8, 4) is 34.3 Å². The quantitative estimate of drug-likeness (QED) is 0.605. The van der Waals surface area contributed by atoms with Crippen LogP contribution in [0.4, 0.5) is 0 Å². The van der Waals surface area contributed by atoms with Gasteiger partial charge in [-0.1, -0.05) is 12.1 Å². The van der Waals surface area contributed by atoms with Crippen LogP contribution in [0, 0.1) is 0 Å². The predicted octanol–water partition coefficient (Wildman–Crippen LogP) is 2.50. The van der Waals surface area contributed by atoms with Crippen molar-refractivity contribution in [2.45, 2.75) is 32.9 Å². The number of aromatic nitrogens is 3. The molecule has 1 amide bonds. The van der Waals surface area contributed by atoms with Gasteiger partial charge in [0.25, 0.3) is 11.4 Å². The molecule has 1 N–H and O–H groups in total. The average molecular weight is 412 g/mol. The Morgan fingerprint density at radius 2 is 2.00 bits per heavy atom. The molecule has 3 aromatic rings. The summed E-state index contributed by atoms with van der Waals surface area (Å²) in [7, 11) is 3.08. The van der Waals surface area contributed by atoms with Crippen molar-refractivity contribution < 1.29 is 18.8 Å². The van der Waals surface area contributed by atoms with Crippen LogP contribution in [-0.4, -0.2) is 40.9 Å². The molecule has 0 radical (unpaired) electrons. The van der Waals surface area contributed by atoms with Gasteiger partial charge in [0, 0.05) is 17.8 Å². The Hall–Kier alpha value is -3.62. The molecule has 3 rings (SSSR count). The monoisotopic (exact) mass is 412 g/mol. The van der Waals surface area contributed by atoms with Crippen LogP contribution in [0.3, 0.4) is 0 Å². The zero-order valence-electron chi connectivity index (χ0n) is 17.3. The number of hydrogen-bond acceptors (Lipinski definition) is 7. The maximum atomic E-state index is 12.8. The Morgan fingerprint density at radius 3 is 2.70 bits per heavy atom. The molecule has 0 unspecified atom stereocenters. The SMILES string of the molecule is CC[C@@H](C)NC(=O)Cn1cccc(-c2nc(-c3ccc(OC)c(OC)c3)no2)c1=O. The molecule has 0 fully saturated rings. The molecule has 158 valence electrons. The Balaban J connectivity index is 1.87. The van der Waals surface area contributed by atoms with Crippen LogP contribution in [0.5, 0.6) is 11.5 Å². The smallest absolute Gasteiger partial charge is 0.263 e. The molecular weight excluding hydrogens is 388 g/mol. The van der Waals surface area contributed by atoms with E-state index in [1.54, 1.807) is 43.6 Å². The van der Waals surface area contributed by atoms with E-state index in [0.29, 0.717) is 22.9 Å². The van der Waals surface area contributed by atoms with Gasteiger partial charge in [0.15, 0.2) is 11.5 Å². The van der Waals surface area contributed by atoms with Gasteiger partial charge in [-0.25, -0.2) is 0 Å². The van der Waals surface area contributed by atoms with E-state index in [9.17, 15) is 9.59 Å². The van der Waals surface area contributed by atoms with Gasteiger partial charge in [-0.3, -0.25) is 9.59 Å². The number of methoxy groups -OCH3 is 2. The first-order chi connectivity index (χ1) is 14.5. The highest BCUT2D eigenvalue weighted by Crippen LogP contribution is 2.31. The first kappa shape index (κ1) is 21.1. The number of hydrogen-bond donors (Lipinski definition) is 1. The summed E-state index contributed by atoms with van der Waals surface area (Å²) in [5.74, 6) is 1.24. The molecule has 0 aliphatic carbocycles. The second-order valence-corrected chi connectivity index (χ2v) is 6.72. The fourth-order valence-corrected chi connectivity index (χ4v) is 2.83. The fraction of sp³-hybridized carbons (Fsp3) is 0.333. The summed E-state index contributed by atoms with van der Waals surface area (Å²) in [5, 5.41) is 6.80. The minimum atomic E-state index is -0.390. The number of nitrogens with one attached hydrogen (secondary N) is 1. The average Bonchev–Trinajstić information content (AvgIpc) is 3.24. The van der Waals surface area contributed by atoms with Gasteiger partial charge < -0.3 is 23.9 Å². The minimum absolute atomic E-state index is 0.0383. The number of carbonyl (C=O) groups is 1. The summed E-state index contributed by atoms with van der Waals surface area (Å²) in [6, 6.07) is 8.49. The van der Waals surface area contributed by atoms with Gasteiger partial charge >= 0.3 is 0 Å². The molecule has 2 aromatic heterocycles. The molecule has 0 aliphatic rings. The Labute approximate surface area is 173 Å². The summed E-state index contributed by atoms with van der Waals surface area (Å²) in [4.78, 5) is 29.3. The predicted molar refractivity (Wildman–Crippen MR) is 110 cm³/mol. The highest BCUT2D eigenvalue weighted by atomic mass is 16.5.